The molecule has 28 heavy (non-hydrogen) atoms. The van der Waals surface area contributed by atoms with Gasteiger partial charge in [0.15, 0.2) is 17.7 Å². The van der Waals surface area contributed by atoms with Gasteiger partial charge in [-0.25, -0.2) is 4.39 Å². The fraction of sp³-hybridized carbons (Fsp3) is 0.167. The predicted octanol–water partition coefficient (Wildman–Crippen LogP) is 3.20. The second-order valence-corrected chi connectivity index (χ2v) is 6.68. The maximum Gasteiger partial charge on any atom is 0.278 e. The van der Waals surface area contributed by atoms with Crippen LogP contribution in [0.3, 0.4) is 0 Å². The molecule has 2 aromatic heterocycles. The van der Waals surface area contributed by atoms with E-state index >= 15 is 0 Å². The molecule has 0 saturated heterocycles. The molecule has 0 saturated carbocycles. The lowest BCUT2D eigenvalue weighted by atomic mass is 10.2. The first-order chi connectivity index (χ1) is 13.6. The third-order valence-electron chi connectivity index (χ3n) is 3.85. The largest absolute Gasteiger partial charge is 0.478 e. The third-order valence-corrected chi connectivity index (χ3v) is 4.64. The summed E-state index contributed by atoms with van der Waals surface area (Å²) in [7, 11) is 0. The molecule has 0 radical (unpaired) electrons. The molecule has 0 bridgehead atoms. The standard InChI is InChI=1S/C18H14FN5O3S/c1-11(26-15-9-5-3-7-13(15)19)16-21-22-18(27-16)28-10-24-17(25)12-6-2-4-8-14(12)20-23-24/h2-9,11H,10H2,1H3/t11-/m1/s1. The molecule has 0 spiro atoms. The number of hydrogen-bond donors (Lipinski definition) is 0. The predicted molar refractivity (Wildman–Crippen MR) is 99.4 cm³/mol. The quantitative estimate of drug-likeness (QED) is 0.456. The fourth-order valence-corrected chi connectivity index (χ4v) is 3.09. The average molecular weight is 399 g/mol. The van der Waals surface area contributed by atoms with Crippen LogP contribution in [0.1, 0.15) is 18.9 Å². The first kappa shape index (κ1) is 18.1. The van der Waals surface area contributed by atoms with Gasteiger partial charge in [0.2, 0.25) is 0 Å². The number of hydrogen-bond acceptors (Lipinski definition) is 8. The second-order valence-electron chi connectivity index (χ2n) is 5.78. The van der Waals surface area contributed by atoms with Gasteiger partial charge < -0.3 is 9.15 Å². The van der Waals surface area contributed by atoms with Crippen LogP contribution in [0.5, 0.6) is 5.75 Å². The minimum Gasteiger partial charge on any atom is -0.478 e. The summed E-state index contributed by atoms with van der Waals surface area (Å²) in [5.41, 5.74) is 0.280. The Hall–Kier alpha value is -3.27. The van der Waals surface area contributed by atoms with Crippen LogP contribution in [0, 0.1) is 5.82 Å². The molecule has 142 valence electrons. The maximum atomic E-state index is 13.7. The Labute approximate surface area is 162 Å². The van der Waals surface area contributed by atoms with Gasteiger partial charge >= 0.3 is 0 Å². The summed E-state index contributed by atoms with van der Waals surface area (Å²) in [6.07, 6.45) is -0.637. The topological polar surface area (TPSA) is 95.9 Å². The summed E-state index contributed by atoms with van der Waals surface area (Å²) in [5, 5.41) is 16.5. The van der Waals surface area contributed by atoms with Crippen LogP contribution in [0.25, 0.3) is 10.9 Å². The Morgan fingerprint density at radius 3 is 2.79 bits per heavy atom. The van der Waals surface area contributed by atoms with Crippen molar-refractivity contribution in [3.05, 3.63) is 70.6 Å². The van der Waals surface area contributed by atoms with Crippen molar-refractivity contribution >= 4 is 22.7 Å². The lowest BCUT2D eigenvalue weighted by Crippen LogP contribution is -2.23. The van der Waals surface area contributed by atoms with E-state index in [2.05, 4.69) is 20.5 Å². The van der Waals surface area contributed by atoms with Gasteiger partial charge in [0.25, 0.3) is 16.7 Å². The van der Waals surface area contributed by atoms with E-state index in [0.717, 1.165) is 11.8 Å². The molecular weight excluding hydrogens is 385 g/mol. The van der Waals surface area contributed by atoms with Crippen molar-refractivity contribution in [2.24, 2.45) is 0 Å². The number of aromatic nitrogens is 5. The summed E-state index contributed by atoms with van der Waals surface area (Å²) in [4.78, 5) is 12.4. The monoisotopic (exact) mass is 399 g/mol. The van der Waals surface area contributed by atoms with E-state index in [-0.39, 0.29) is 28.3 Å². The Morgan fingerprint density at radius 2 is 1.93 bits per heavy atom. The number of rotatable bonds is 6. The molecule has 8 nitrogen and oxygen atoms in total. The molecule has 2 aromatic carbocycles. The van der Waals surface area contributed by atoms with Crippen LogP contribution in [0.2, 0.25) is 0 Å². The fourth-order valence-electron chi connectivity index (χ4n) is 2.45. The van der Waals surface area contributed by atoms with Gasteiger partial charge in [0, 0.05) is 0 Å². The summed E-state index contributed by atoms with van der Waals surface area (Å²) in [6.45, 7) is 1.67. The SMILES string of the molecule is C[C@@H](Oc1ccccc1F)c1nnc(SCn2nnc3ccccc3c2=O)o1. The number of thioether (sulfide) groups is 1. The number of fused-ring (bicyclic) bond motifs is 1. The molecule has 0 aliphatic carbocycles. The number of halogens is 1. The highest BCUT2D eigenvalue weighted by molar-refractivity contribution is 7.98. The van der Waals surface area contributed by atoms with Crippen molar-refractivity contribution in [3.8, 4) is 5.75 Å². The zero-order valence-corrected chi connectivity index (χ0v) is 15.5. The van der Waals surface area contributed by atoms with E-state index in [4.69, 9.17) is 9.15 Å². The minimum absolute atomic E-state index is 0.0976. The Bertz CT molecular complexity index is 1180. The van der Waals surface area contributed by atoms with Crippen LogP contribution in [0.15, 0.2) is 63.0 Å². The van der Waals surface area contributed by atoms with Crippen molar-refractivity contribution in [3.63, 3.8) is 0 Å². The second kappa shape index (κ2) is 7.77. The molecule has 0 fully saturated rings. The van der Waals surface area contributed by atoms with Crippen molar-refractivity contribution in [1.82, 2.24) is 25.2 Å². The van der Waals surface area contributed by atoms with E-state index in [0.29, 0.717) is 10.9 Å². The summed E-state index contributed by atoms with van der Waals surface area (Å²) >= 11 is 1.13. The van der Waals surface area contributed by atoms with Gasteiger partial charge in [-0.05, 0) is 43.0 Å². The van der Waals surface area contributed by atoms with Crippen molar-refractivity contribution in [2.45, 2.75) is 24.1 Å². The number of para-hydroxylation sites is 1. The molecule has 0 unspecified atom stereocenters. The highest BCUT2D eigenvalue weighted by Gasteiger charge is 2.18. The van der Waals surface area contributed by atoms with Gasteiger partial charge in [0.05, 0.1) is 5.39 Å². The minimum atomic E-state index is -0.637. The van der Waals surface area contributed by atoms with Crippen LogP contribution in [-0.4, -0.2) is 25.2 Å². The van der Waals surface area contributed by atoms with Gasteiger partial charge in [-0.2, -0.15) is 4.68 Å². The first-order valence-electron chi connectivity index (χ1n) is 8.32. The van der Waals surface area contributed by atoms with Gasteiger partial charge in [0.1, 0.15) is 11.4 Å². The number of nitrogens with zero attached hydrogens (tertiary/aromatic N) is 5. The number of benzene rings is 2. The van der Waals surface area contributed by atoms with Crippen LogP contribution < -0.4 is 10.3 Å². The molecule has 0 N–H and O–H groups in total. The lowest BCUT2D eigenvalue weighted by Gasteiger charge is -2.11. The zero-order chi connectivity index (χ0) is 19.5. The first-order valence-corrected chi connectivity index (χ1v) is 9.30. The van der Waals surface area contributed by atoms with Gasteiger partial charge in [-0.15, -0.1) is 15.3 Å². The van der Waals surface area contributed by atoms with E-state index in [9.17, 15) is 9.18 Å². The molecule has 0 aliphatic rings. The van der Waals surface area contributed by atoms with Crippen LogP contribution in [-0.2, 0) is 5.88 Å². The lowest BCUT2D eigenvalue weighted by molar-refractivity contribution is 0.174. The van der Waals surface area contributed by atoms with Crippen LogP contribution in [0.4, 0.5) is 4.39 Å². The third kappa shape index (κ3) is 3.72. The molecule has 1 atom stereocenters. The number of ether oxygens (including phenoxy) is 1. The van der Waals surface area contributed by atoms with Gasteiger partial charge in [-0.3, -0.25) is 4.79 Å². The highest BCUT2D eigenvalue weighted by Crippen LogP contribution is 2.25. The molecule has 10 heteroatoms. The average Bonchev–Trinajstić information content (AvgIpc) is 3.19. The van der Waals surface area contributed by atoms with Crippen molar-refractivity contribution < 1.29 is 13.5 Å². The van der Waals surface area contributed by atoms with E-state index < -0.39 is 11.9 Å². The summed E-state index contributed by atoms with van der Waals surface area (Å²) in [6, 6.07) is 13.0. The smallest absolute Gasteiger partial charge is 0.278 e. The Balaban J connectivity index is 1.45. The van der Waals surface area contributed by atoms with Gasteiger partial charge in [-0.1, -0.05) is 29.5 Å². The van der Waals surface area contributed by atoms with Crippen molar-refractivity contribution in [1.29, 1.82) is 0 Å². The molecule has 2 heterocycles. The normalized spacial score (nSPS) is 12.2. The zero-order valence-electron chi connectivity index (χ0n) is 14.7. The van der Waals surface area contributed by atoms with E-state index in [1.165, 1.54) is 16.8 Å². The highest BCUT2D eigenvalue weighted by atomic mass is 32.2. The molecule has 0 aliphatic heterocycles. The summed E-state index contributed by atoms with van der Waals surface area (Å²) in [5.74, 6) is -0.0262. The van der Waals surface area contributed by atoms with Crippen LogP contribution >= 0.6 is 11.8 Å². The molecule has 4 aromatic rings. The Kier molecular flexibility index (Phi) is 5.02. The Morgan fingerprint density at radius 1 is 1.14 bits per heavy atom. The van der Waals surface area contributed by atoms with E-state index in [1.54, 1.807) is 43.3 Å². The summed E-state index contributed by atoms with van der Waals surface area (Å²) < 4.78 is 26.0. The maximum absolute atomic E-state index is 13.7. The van der Waals surface area contributed by atoms with Crippen molar-refractivity contribution in [2.75, 3.05) is 0 Å². The molecule has 4 rings (SSSR count). The molecular formula is C18H14FN5O3S. The molecule has 0 amide bonds. The van der Waals surface area contributed by atoms with E-state index in [1.807, 2.05) is 0 Å².